The molecule has 2 heterocycles. The monoisotopic (exact) mass is 512 g/mol. The molecule has 35 heavy (non-hydrogen) atoms. The van der Waals surface area contributed by atoms with Crippen LogP contribution in [-0.4, -0.2) is 23.0 Å². The van der Waals surface area contributed by atoms with Crippen molar-refractivity contribution in [2.75, 3.05) is 4.90 Å². The third-order valence-electron chi connectivity index (χ3n) is 6.89. The smallest absolute Gasteiger partial charge is 0.418 e. The van der Waals surface area contributed by atoms with Crippen LogP contribution in [0.3, 0.4) is 0 Å². The zero-order valence-electron chi connectivity index (χ0n) is 18.4. The minimum absolute atomic E-state index is 0.109. The van der Waals surface area contributed by atoms with Gasteiger partial charge in [-0.15, -0.1) is 0 Å². The van der Waals surface area contributed by atoms with Gasteiger partial charge in [-0.25, -0.2) is 14.1 Å². The van der Waals surface area contributed by atoms with Gasteiger partial charge < -0.3 is 10.4 Å². The maximum absolute atomic E-state index is 14.5. The highest BCUT2D eigenvalue weighted by atomic mass is 35.5. The number of piperidine rings is 1. The number of rotatable bonds is 2. The molecule has 178 valence electrons. The molecule has 2 N–H and O–H groups in total. The lowest BCUT2D eigenvalue weighted by Gasteiger charge is -2.47. The molecule has 2 aliphatic rings. The van der Waals surface area contributed by atoms with Gasteiger partial charge in [-0.1, -0.05) is 47.5 Å². The van der Waals surface area contributed by atoms with Gasteiger partial charge in [0, 0.05) is 22.4 Å². The van der Waals surface area contributed by atoms with Crippen LogP contribution in [0, 0.1) is 12.7 Å². The average molecular weight is 513 g/mol. The van der Waals surface area contributed by atoms with Crippen molar-refractivity contribution in [2.45, 2.75) is 30.7 Å². The lowest BCUT2D eigenvalue weighted by atomic mass is 9.59. The molecule has 3 atom stereocenters. The molecular weight excluding hydrogens is 494 g/mol. The number of carbonyl (C=O) groups excluding carboxylic acids is 2. The number of halogens is 3. The Hall–Kier alpha value is -3.42. The first-order valence-electron chi connectivity index (χ1n) is 10.8. The van der Waals surface area contributed by atoms with Crippen molar-refractivity contribution in [3.8, 4) is 0 Å². The number of nitrogens with one attached hydrogen (secondary N) is 1. The van der Waals surface area contributed by atoms with E-state index >= 15 is 0 Å². The molecule has 1 fully saturated rings. The van der Waals surface area contributed by atoms with Crippen LogP contribution in [0.1, 0.15) is 40.6 Å². The number of fused-ring (bicyclic) bond motifs is 2. The van der Waals surface area contributed by atoms with Crippen molar-refractivity contribution in [3.63, 3.8) is 0 Å². The minimum atomic E-state index is -1.60. The molecule has 2 aliphatic heterocycles. The Morgan fingerprint density at radius 3 is 2.54 bits per heavy atom. The van der Waals surface area contributed by atoms with Gasteiger partial charge in [0.1, 0.15) is 11.2 Å². The van der Waals surface area contributed by atoms with Gasteiger partial charge in [0.25, 0.3) is 0 Å². The van der Waals surface area contributed by atoms with Gasteiger partial charge in [0.15, 0.2) is 0 Å². The first-order valence-corrected chi connectivity index (χ1v) is 11.6. The van der Waals surface area contributed by atoms with E-state index in [0.717, 1.165) is 0 Å². The first-order chi connectivity index (χ1) is 16.6. The number of carbonyl (C=O) groups is 3. The largest absolute Gasteiger partial charge is 0.464 e. The summed E-state index contributed by atoms with van der Waals surface area (Å²) in [5, 5.41) is 13.6. The molecule has 3 amide bonds. The highest BCUT2D eigenvalue weighted by molar-refractivity contribution is 6.32. The molecule has 0 bridgehead atoms. The van der Waals surface area contributed by atoms with Crippen LogP contribution in [0.15, 0.2) is 60.7 Å². The van der Waals surface area contributed by atoms with Crippen molar-refractivity contribution in [1.29, 1.82) is 0 Å². The van der Waals surface area contributed by atoms with E-state index in [1.165, 1.54) is 18.2 Å². The van der Waals surface area contributed by atoms with E-state index in [0.29, 0.717) is 32.2 Å². The topological polar surface area (TPSA) is 86.7 Å². The molecule has 6 nitrogen and oxygen atoms in total. The predicted molar refractivity (Wildman–Crippen MR) is 129 cm³/mol. The van der Waals surface area contributed by atoms with Gasteiger partial charge in [0.2, 0.25) is 11.8 Å². The summed E-state index contributed by atoms with van der Waals surface area (Å²) in [4.78, 5) is 40.3. The number of imide groups is 1. The summed E-state index contributed by atoms with van der Waals surface area (Å²) in [7, 11) is 0. The van der Waals surface area contributed by atoms with Gasteiger partial charge >= 0.3 is 6.09 Å². The van der Waals surface area contributed by atoms with E-state index < -0.39 is 35.2 Å². The lowest BCUT2D eigenvalue weighted by Crippen LogP contribution is -2.58. The Bertz CT molecular complexity index is 1410. The van der Waals surface area contributed by atoms with Gasteiger partial charge in [-0.05, 0) is 65.6 Å². The maximum atomic E-state index is 14.5. The maximum Gasteiger partial charge on any atom is 0.418 e. The number of hydrogen-bond acceptors (Lipinski definition) is 3. The zero-order chi connectivity index (χ0) is 25.1. The number of amides is 3. The molecule has 3 aromatic carbocycles. The Labute approximate surface area is 210 Å². The fourth-order valence-electron chi connectivity index (χ4n) is 5.51. The Kier molecular flexibility index (Phi) is 5.57. The van der Waals surface area contributed by atoms with E-state index in [9.17, 15) is 23.9 Å². The number of carboxylic acid groups (broad SMARTS) is 1. The predicted octanol–water partition coefficient (Wildman–Crippen LogP) is 5.75. The molecule has 1 spiro atoms. The number of nitrogens with zero attached hydrogens (tertiary/aromatic N) is 1. The van der Waals surface area contributed by atoms with Crippen LogP contribution in [0.2, 0.25) is 10.0 Å². The molecule has 0 radical (unpaired) electrons. The van der Waals surface area contributed by atoms with Gasteiger partial charge in [-0.2, -0.15) is 0 Å². The van der Waals surface area contributed by atoms with Crippen LogP contribution in [0.4, 0.5) is 14.9 Å². The number of anilines is 1. The summed E-state index contributed by atoms with van der Waals surface area (Å²) in [6.45, 7) is 1.76. The number of hydrogen-bond donors (Lipinski definition) is 2. The molecule has 0 aromatic heterocycles. The van der Waals surface area contributed by atoms with Gasteiger partial charge in [-0.3, -0.25) is 9.59 Å². The van der Waals surface area contributed by atoms with Crippen LogP contribution in [0.25, 0.3) is 0 Å². The molecular formula is C26H19Cl2FN2O4. The summed E-state index contributed by atoms with van der Waals surface area (Å²) in [6, 6.07) is 14.5. The second-order valence-electron chi connectivity index (χ2n) is 8.77. The van der Waals surface area contributed by atoms with Crippen LogP contribution in [-0.2, 0) is 15.0 Å². The molecule has 3 aromatic rings. The van der Waals surface area contributed by atoms with E-state index in [-0.39, 0.29) is 23.0 Å². The summed E-state index contributed by atoms with van der Waals surface area (Å²) in [5.74, 6) is -2.50. The van der Waals surface area contributed by atoms with Crippen molar-refractivity contribution < 1.29 is 23.9 Å². The molecule has 1 saturated heterocycles. The Morgan fingerprint density at radius 1 is 1.09 bits per heavy atom. The third-order valence-corrected chi connectivity index (χ3v) is 7.36. The van der Waals surface area contributed by atoms with Crippen molar-refractivity contribution in [2.24, 2.45) is 0 Å². The summed E-state index contributed by atoms with van der Waals surface area (Å²) in [6.07, 6.45) is -1.63. The van der Waals surface area contributed by atoms with E-state index in [1.54, 1.807) is 49.4 Å². The zero-order valence-corrected chi connectivity index (χ0v) is 19.9. The molecule has 0 aliphatic carbocycles. The number of aryl methyl sites for hydroxylation is 1. The standard InChI is InChI=1S/C26H19Cl2FN2O4/c1-13-5-7-17(29)11-18(13)20-12-22(32)30-23(14-3-2-4-15(27)9-14)26(20)19-8-6-16(28)10-21(19)31(24(26)33)25(34)35/h2-11,20,23H,12H2,1H3,(H,30,32)(H,34,35). The first kappa shape index (κ1) is 23.3. The lowest BCUT2D eigenvalue weighted by molar-refractivity contribution is -0.132. The van der Waals surface area contributed by atoms with E-state index in [2.05, 4.69) is 5.32 Å². The van der Waals surface area contributed by atoms with Crippen molar-refractivity contribution in [3.05, 3.63) is 98.8 Å². The fraction of sp³-hybridized carbons (Fsp3) is 0.192. The van der Waals surface area contributed by atoms with E-state index in [4.69, 9.17) is 23.2 Å². The van der Waals surface area contributed by atoms with Crippen molar-refractivity contribution >= 4 is 46.8 Å². The summed E-state index contributed by atoms with van der Waals surface area (Å²) in [5.41, 5.74) is 0.534. The third kappa shape index (κ3) is 3.49. The normalized spacial score (nSPS) is 23.4. The second kappa shape index (κ2) is 8.36. The Balaban J connectivity index is 1.89. The van der Waals surface area contributed by atoms with Gasteiger partial charge in [0.05, 0.1) is 11.7 Å². The quantitative estimate of drug-likeness (QED) is 0.457. The molecule has 9 heteroatoms. The van der Waals surface area contributed by atoms with Crippen LogP contribution >= 0.6 is 23.2 Å². The molecule has 0 saturated carbocycles. The van der Waals surface area contributed by atoms with E-state index in [1.807, 2.05) is 0 Å². The SMILES string of the molecule is Cc1ccc(F)cc1C1CC(=O)NC(c2cccc(Cl)c2)C12C(=O)N(C(=O)O)c1cc(Cl)ccc12. The second-order valence-corrected chi connectivity index (χ2v) is 9.64. The van der Waals surface area contributed by atoms with Crippen LogP contribution in [0.5, 0.6) is 0 Å². The molecule has 3 unspecified atom stereocenters. The number of benzene rings is 3. The fourth-order valence-corrected chi connectivity index (χ4v) is 5.88. The average Bonchev–Trinajstić information content (AvgIpc) is 3.05. The summed E-state index contributed by atoms with van der Waals surface area (Å²) >= 11 is 12.5. The Morgan fingerprint density at radius 2 is 1.83 bits per heavy atom. The minimum Gasteiger partial charge on any atom is -0.464 e. The van der Waals surface area contributed by atoms with Crippen molar-refractivity contribution in [1.82, 2.24) is 5.32 Å². The molecule has 5 rings (SSSR count). The highest BCUT2D eigenvalue weighted by Gasteiger charge is 2.64. The van der Waals surface area contributed by atoms with Crippen LogP contribution < -0.4 is 10.2 Å². The summed E-state index contributed by atoms with van der Waals surface area (Å²) < 4.78 is 14.5. The highest BCUT2D eigenvalue weighted by Crippen LogP contribution is 2.59.